The summed E-state index contributed by atoms with van der Waals surface area (Å²) >= 11 is 1.20. The average molecular weight is 1830 g/mol. The molecule has 1 aromatic heterocycles. The van der Waals surface area contributed by atoms with E-state index in [-0.39, 0.29) is 192 Å². The van der Waals surface area contributed by atoms with Gasteiger partial charge in [0, 0.05) is 131 Å². The highest BCUT2D eigenvalue weighted by Crippen LogP contribution is 2.43. The van der Waals surface area contributed by atoms with Gasteiger partial charge in [-0.3, -0.25) is 62.3 Å². The lowest BCUT2D eigenvalue weighted by molar-refractivity contribution is -0.131. The number of aromatic carboxylic acids is 1. The van der Waals surface area contributed by atoms with E-state index in [1.807, 2.05) is 16.7 Å². The molecule has 0 bridgehead atoms. The number of aromatic nitrogens is 3. The first-order valence-corrected chi connectivity index (χ1v) is 44.7. The lowest BCUT2D eigenvalue weighted by Gasteiger charge is -2.34. The summed E-state index contributed by atoms with van der Waals surface area (Å²) in [5.41, 5.74) is 26.6. The number of primary amides is 2. The maximum Gasteiger partial charge on any atom is 0.336 e. The predicted molar refractivity (Wildman–Crippen MR) is 494 cm³/mol. The second-order valence-corrected chi connectivity index (χ2v) is 34.0. The number of fused-ring (bicyclic) bond motifs is 5. The van der Waals surface area contributed by atoms with Crippen LogP contribution in [-0.2, 0) is 61.9 Å². The van der Waals surface area contributed by atoms with Gasteiger partial charge in [0.05, 0.1) is 24.2 Å². The maximum absolute atomic E-state index is 14.6. The minimum absolute atomic E-state index is 0.0155. The molecule has 0 unspecified atom stereocenters. The number of phenolic OH excluding ortho intramolecular Hbond substituents is 2. The molecule has 5 aliphatic heterocycles. The molecule has 132 heavy (non-hydrogen) atoms. The molecule has 0 saturated carbocycles. The highest BCUT2D eigenvalue weighted by Gasteiger charge is 2.37. The van der Waals surface area contributed by atoms with Crippen molar-refractivity contribution in [1.29, 1.82) is 0 Å². The standard InChI is InChI=1S/C92H105N21O18S/c1-3-48(2)78-88(128)104-69(9-5-7-31-94)85(125)105-70-37-52(79(95)119)12-13-53(70)43-97-67-25-17-56(40-66(67)84(124)108-78)101-76(118)45-99-82(122)51-28-34-113(35-29-51)92-110-90(102-57-16-22-61(65(39-57)89(129)130)77-62-23-20-59(115)41-73(62)131-74-42-60(116)21-24-63(74)77)109-91(111-92)112-32-26-50(27-33-112)81(121)98-44-75(117)100-55-15-14-54-46-132-47-72(80(96)120)107-87(127)71(36-49-10-18-58(114)19-11-49)106-86(126)68(8-4-6-30-93)103-83(123)64(54)38-55/h10-25,37-42,48,50-51,68-69,71-72,78,97,114-115H,3-9,26-36,43-47,93-94H2,1-2H3,(H2,95,119)(H2,96,120)(H,98,121)(H,99,122)(H,100,117)(H,101,118)(H,103,123)(H,104,128)(H,105,125)(H,106,126)(H,107,127)(H,108,124)(H,129,130)(H,102,109,110,111)/t48-,68-,69-,71-,72-,78-/m0/s1. The molecule has 6 aromatic carbocycles. The minimum atomic E-state index is -1.32. The normalized spacial score (nSPS) is 18.1. The van der Waals surface area contributed by atoms with Gasteiger partial charge in [0.2, 0.25) is 76.9 Å². The first-order chi connectivity index (χ1) is 63.5. The Kier molecular flexibility index (Phi) is 31.3. The summed E-state index contributed by atoms with van der Waals surface area (Å²) in [6.45, 7) is 4.21. The Morgan fingerprint density at radius 2 is 1.15 bits per heavy atom. The smallest absolute Gasteiger partial charge is 0.336 e. The lowest BCUT2D eigenvalue weighted by atomic mass is 9.90. The highest BCUT2D eigenvalue weighted by molar-refractivity contribution is 7.98. The molecular weight excluding hydrogens is 1720 g/mol. The largest absolute Gasteiger partial charge is 0.508 e. The first kappa shape index (κ1) is 94.8. The summed E-state index contributed by atoms with van der Waals surface area (Å²) in [6, 6.07) is 26.9. The van der Waals surface area contributed by atoms with Gasteiger partial charge in [-0.15, -0.1) is 0 Å². The Hall–Kier alpha value is -14.8. The van der Waals surface area contributed by atoms with Crippen LogP contribution in [0.1, 0.15) is 143 Å². The summed E-state index contributed by atoms with van der Waals surface area (Å²) in [5, 5.41) is 66.0. The third-order valence-electron chi connectivity index (χ3n) is 23.7. The van der Waals surface area contributed by atoms with Crippen molar-refractivity contribution < 1.29 is 82.1 Å². The topological polar surface area (TPSA) is 606 Å². The van der Waals surface area contributed by atoms with Gasteiger partial charge < -0.3 is 116 Å². The van der Waals surface area contributed by atoms with Crippen LogP contribution in [0.25, 0.3) is 33.4 Å². The van der Waals surface area contributed by atoms with Gasteiger partial charge in [-0.05, 0) is 196 Å². The zero-order chi connectivity index (χ0) is 94.0. The van der Waals surface area contributed by atoms with E-state index in [0.29, 0.717) is 78.4 Å². The molecule has 0 spiro atoms. The number of carboxylic acids is 1. The van der Waals surface area contributed by atoms with Crippen molar-refractivity contribution in [3.8, 4) is 33.9 Å². The molecule has 1 aliphatic carbocycles. The number of anilines is 8. The molecule has 40 heteroatoms. The van der Waals surface area contributed by atoms with Gasteiger partial charge >= 0.3 is 5.97 Å². The van der Waals surface area contributed by atoms with Crippen LogP contribution >= 0.6 is 11.8 Å². The van der Waals surface area contributed by atoms with Gasteiger partial charge in [-0.2, -0.15) is 26.7 Å². The van der Waals surface area contributed by atoms with E-state index < -0.39 is 138 Å². The number of nitrogens with two attached hydrogens (primary N) is 4. The fraction of sp³-hybridized carbons (Fsp3) is 0.359. The van der Waals surface area contributed by atoms with E-state index in [1.165, 1.54) is 90.6 Å². The van der Waals surface area contributed by atoms with Crippen LogP contribution in [0.15, 0.2) is 143 Å². The molecule has 692 valence electrons. The monoisotopic (exact) mass is 1820 g/mol. The molecule has 2 fully saturated rings. The number of hydrogen-bond acceptors (Lipinski definition) is 27. The molecule has 6 aliphatic rings. The van der Waals surface area contributed by atoms with E-state index in [0.717, 1.165) is 0 Å². The van der Waals surface area contributed by atoms with Crippen molar-refractivity contribution in [2.75, 3.05) is 94.5 Å². The summed E-state index contributed by atoms with van der Waals surface area (Å²) in [5.74, 6) is -10.2. The van der Waals surface area contributed by atoms with Gasteiger partial charge in [0.1, 0.15) is 53.1 Å². The first-order valence-electron chi connectivity index (χ1n) is 43.5. The van der Waals surface area contributed by atoms with Gasteiger partial charge in [-0.1, -0.05) is 50.6 Å². The zero-order valence-electron chi connectivity index (χ0n) is 72.5. The number of hydrogen-bond donors (Lipinski definition) is 19. The van der Waals surface area contributed by atoms with E-state index in [2.05, 4.69) is 63.8 Å². The maximum atomic E-state index is 14.6. The number of nitrogens with one attached hydrogen (secondary N) is 12. The number of carbonyl (C=O) groups excluding carboxylic acids is 12. The highest BCUT2D eigenvalue weighted by atomic mass is 32.2. The van der Waals surface area contributed by atoms with E-state index >= 15 is 0 Å². The Morgan fingerprint density at radius 3 is 1.77 bits per heavy atom. The van der Waals surface area contributed by atoms with Crippen molar-refractivity contribution >= 4 is 146 Å². The molecule has 13 rings (SSSR count). The van der Waals surface area contributed by atoms with Crippen molar-refractivity contribution in [3.63, 3.8) is 0 Å². The Balaban J connectivity index is 0.688. The summed E-state index contributed by atoms with van der Waals surface area (Å²) in [4.78, 5) is 211. The summed E-state index contributed by atoms with van der Waals surface area (Å²) in [6.07, 6.45) is 3.72. The van der Waals surface area contributed by atoms with Crippen LogP contribution in [0.5, 0.6) is 11.5 Å². The number of aromatic hydroxyl groups is 2. The predicted octanol–water partition coefficient (Wildman–Crippen LogP) is 5.14. The molecule has 6 heterocycles. The van der Waals surface area contributed by atoms with Crippen LogP contribution in [0, 0.1) is 17.8 Å². The number of thioether (sulfide) groups is 1. The number of carbonyl (C=O) groups is 13. The van der Waals surface area contributed by atoms with Crippen LogP contribution in [0.3, 0.4) is 0 Å². The van der Waals surface area contributed by atoms with Crippen molar-refractivity contribution in [2.45, 2.75) is 133 Å². The van der Waals surface area contributed by atoms with Crippen molar-refractivity contribution in [1.82, 2.24) is 52.2 Å². The molecule has 7 aromatic rings. The summed E-state index contributed by atoms with van der Waals surface area (Å²) < 4.78 is 6.05. The number of nitrogens with zero attached hydrogens (tertiary/aromatic N) is 5. The molecule has 2 saturated heterocycles. The Labute approximate surface area is 761 Å². The number of amides is 12. The molecular formula is C92H105N21O18S. The fourth-order valence-electron chi connectivity index (χ4n) is 16.1. The molecule has 6 atom stereocenters. The fourth-order valence-corrected chi connectivity index (χ4v) is 17.2. The SMILES string of the molecule is CC[C@H](C)[C@@H]1NC(=O)c2cc(NC(=O)CNC(=O)C3CCN(c4nc(Nc5ccc(-c6c7ccc(=O)cc-7oc7cc(O)ccc67)c(C(=O)O)c5)nc(N5CCC(C(=O)NCC(=O)Nc6ccc7c(c6)C(=O)N[C@@H](CCCCN)C(=O)N[C@@H](Cc6ccc(O)cc6)C(=O)N[C@H](C(N)=O)CSC7)CC5)n4)CC3)ccc2NCc2ccc(C(N)=O)cc2NC(=O)[C@H](CCCCN)NC1=O. The second-order valence-electron chi connectivity index (χ2n) is 32.9. The zero-order valence-corrected chi connectivity index (χ0v) is 73.3. The lowest BCUT2D eigenvalue weighted by Crippen LogP contribution is -2.57. The molecule has 23 N–H and O–H groups in total. The van der Waals surface area contributed by atoms with E-state index in [1.54, 1.807) is 61.5 Å². The van der Waals surface area contributed by atoms with Crippen molar-refractivity contribution in [2.24, 2.45) is 40.7 Å². The van der Waals surface area contributed by atoms with Gasteiger partial charge in [0.15, 0.2) is 5.43 Å². The quantitative estimate of drug-likeness (QED) is 0.0223. The number of piperidine rings is 2. The number of unbranched alkanes of at least 4 members (excludes halogenated alkanes) is 2. The Morgan fingerprint density at radius 1 is 0.568 bits per heavy atom. The third-order valence-corrected chi connectivity index (χ3v) is 24.7. The average Bonchev–Trinajstić information content (AvgIpc) is 0.744. The minimum Gasteiger partial charge on any atom is -0.508 e. The Bertz CT molecular complexity index is 5920. The van der Waals surface area contributed by atoms with Crippen LogP contribution in [-0.4, -0.2) is 195 Å². The van der Waals surface area contributed by atoms with Gasteiger partial charge in [0.25, 0.3) is 11.8 Å². The van der Waals surface area contributed by atoms with Crippen LogP contribution in [0.2, 0.25) is 0 Å². The van der Waals surface area contributed by atoms with E-state index in [4.69, 9.17) is 42.3 Å². The van der Waals surface area contributed by atoms with E-state index in [9.17, 15) is 82.4 Å². The number of phenols is 2. The molecule has 0 radical (unpaired) electrons. The number of benzene rings is 7. The summed E-state index contributed by atoms with van der Waals surface area (Å²) in [7, 11) is 0. The van der Waals surface area contributed by atoms with Crippen LogP contribution in [0.4, 0.5) is 46.3 Å². The molecule has 12 amide bonds. The van der Waals surface area contributed by atoms with Crippen LogP contribution < -0.4 is 102 Å². The number of carboxylic acid groups (broad SMARTS) is 1. The van der Waals surface area contributed by atoms with Gasteiger partial charge in [-0.25, -0.2) is 4.79 Å². The molecule has 39 nitrogen and oxygen atoms in total. The number of rotatable bonds is 28. The third kappa shape index (κ3) is 24.0. The second kappa shape index (κ2) is 43.5. The van der Waals surface area contributed by atoms with Crippen molar-refractivity contribution in [3.05, 3.63) is 183 Å².